The van der Waals surface area contributed by atoms with Gasteiger partial charge in [-0.3, -0.25) is 4.79 Å². The third kappa shape index (κ3) is 4.04. The number of thiophene rings is 1. The van der Waals surface area contributed by atoms with Crippen LogP contribution in [-0.2, 0) is 21.2 Å². The van der Waals surface area contributed by atoms with Crippen molar-refractivity contribution >= 4 is 27.3 Å². The zero-order valence-corrected chi connectivity index (χ0v) is 13.3. The lowest BCUT2D eigenvalue weighted by molar-refractivity contribution is -0.131. The monoisotopic (exact) mass is 316 g/mol. The topological polar surface area (TPSA) is 80.5 Å². The second kappa shape index (κ2) is 5.83. The van der Waals surface area contributed by atoms with Gasteiger partial charge in [0.1, 0.15) is 4.21 Å². The number of rotatable bonds is 6. The van der Waals surface area contributed by atoms with E-state index in [1.807, 2.05) is 4.90 Å². The van der Waals surface area contributed by atoms with Gasteiger partial charge in [-0.2, -0.15) is 0 Å². The fourth-order valence-electron chi connectivity index (χ4n) is 2.09. The summed E-state index contributed by atoms with van der Waals surface area (Å²) in [5.41, 5.74) is 0. The summed E-state index contributed by atoms with van der Waals surface area (Å²) in [6.45, 7) is 4.94. The Labute approximate surface area is 123 Å². The number of nitrogens with zero attached hydrogens (tertiary/aromatic N) is 1. The van der Waals surface area contributed by atoms with Gasteiger partial charge < -0.3 is 4.90 Å². The maximum atomic E-state index is 12.3. The molecule has 0 bridgehead atoms. The molecule has 2 rings (SSSR count). The van der Waals surface area contributed by atoms with Crippen molar-refractivity contribution in [2.45, 2.75) is 43.4 Å². The highest BCUT2D eigenvalue weighted by molar-refractivity contribution is 7.91. The summed E-state index contributed by atoms with van der Waals surface area (Å²) in [4.78, 5) is 15.0. The van der Waals surface area contributed by atoms with Crippen molar-refractivity contribution in [2.24, 2.45) is 11.1 Å². The zero-order valence-electron chi connectivity index (χ0n) is 11.7. The van der Waals surface area contributed by atoms with E-state index in [1.165, 1.54) is 6.07 Å². The summed E-state index contributed by atoms with van der Waals surface area (Å²) < 4.78 is 22.6. The molecule has 0 aromatic carbocycles. The molecule has 0 radical (unpaired) electrons. The molecule has 1 aliphatic carbocycles. The van der Waals surface area contributed by atoms with E-state index in [2.05, 4.69) is 13.8 Å². The van der Waals surface area contributed by atoms with Crippen LogP contribution in [0, 0.1) is 5.92 Å². The molecule has 2 N–H and O–H groups in total. The lowest BCUT2D eigenvalue weighted by atomic mass is 10.2. The molecule has 1 aromatic heterocycles. The molecule has 0 saturated heterocycles. The normalized spacial score (nSPS) is 15.6. The predicted molar refractivity (Wildman–Crippen MR) is 79.0 cm³/mol. The van der Waals surface area contributed by atoms with Crippen LogP contribution in [0.3, 0.4) is 0 Å². The highest BCUT2D eigenvalue weighted by Gasteiger charge is 2.32. The number of carbonyl (C=O) groups excluding carboxylic acids is 1. The molecule has 0 atom stereocenters. The van der Waals surface area contributed by atoms with Crippen molar-refractivity contribution in [3.8, 4) is 0 Å². The minimum absolute atomic E-state index is 0.0732. The first-order chi connectivity index (χ1) is 9.27. The van der Waals surface area contributed by atoms with Gasteiger partial charge in [-0.1, -0.05) is 13.8 Å². The van der Waals surface area contributed by atoms with E-state index in [9.17, 15) is 13.2 Å². The van der Waals surface area contributed by atoms with Crippen LogP contribution in [0.1, 0.15) is 31.6 Å². The number of carbonyl (C=O) groups is 1. The molecule has 20 heavy (non-hydrogen) atoms. The molecule has 0 aliphatic heterocycles. The fourth-order valence-corrected chi connectivity index (χ4v) is 3.86. The average molecular weight is 316 g/mol. The first kappa shape index (κ1) is 15.5. The quantitative estimate of drug-likeness (QED) is 0.865. The van der Waals surface area contributed by atoms with Crippen molar-refractivity contribution in [1.29, 1.82) is 0 Å². The van der Waals surface area contributed by atoms with Crippen LogP contribution in [0.4, 0.5) is 0 Å². The Morgan fingerprint density at radius 3 is 2.55 bits per heavy atom. The summed E-state index contributed by atoms with van der Waals surface area (Å²) in [5, 5.41) is 5.07. The fraction of sp³-hybridized carbons (Fsp3) is 0.615. The number of amides is 1. The second-order valence-corrected chi connectivity index (χ2v) is 8.57. The smallest absolute Gasteiger partial charge is 0.247 e. The Hall–Kier alpha value is -0.920. The molecule has 0 unspecified atom stereocenters. The third-order valence-corrected chi connectivity index (χ3v) is 5.64. The first-order valence-corrected chi connectivity index (χ1v) is 9.04. The van der Waals surface area contributed by atoms with Crippen molar-refractivity contribution in [3.05, 3.63) is 17.0 Å². The maximum Gasteiger partial charge on any atom is 0.247 e. The molecule has 1 fully saturated rings. The Bertz CT molecular complexity index is 589. The molecule has 5 nitrogen and oxygen atoms in total. The molecule has 1 aliphatic rings. The van der Waals surface area contributed by atoms with Crippen molar-refractivity contribution < 1.29 is 13.2 Å². The van der Waals surface area contributed by atoms with Crippen molar-refractivity contribution in [1.82, 2.24) is 4.90 Å². The average Bonchev–Trinajstić information content (AvgIpc) is 3.04. The molecule has 112 valence electrons. The Balaban J connectivity index is 2.04. The van der Waals surface area contributed by atoms with E-state index in [1.54, 1.807) is 6.07 Å². The number of hydrogen-bond donors (Lipinski definition) is 1. The number of sulfonamides is 1. The van der Waals surface area contributed by atoms with Gasteiger partial charge in [0.15, 0.2) is 0 Å². The summed E-state index contributed by atoms with van der Waals surface area (Å²) >= 11 is 1.08. The minimum Gasteiger partial charge on any atom is -0.339 e. The Morgan fingerprint density at radius 2 is 2.10 bits per heavy atom. The largest absolute Gasteiger partial charge is 0.339 e. The van der Waals surface area contributed by atoms with E-state index >= 15 is 0 Å². The van der Waals surface area contributed by atoms with Gasteiger partial charge in [-0.15, -0.1) is 11.3 Å². The molecule has 7 heteroatoms. The Morgan fingerprint density at radius 1 is 1.45 bits per heavy atom. The summed E-state index contributed by atoms with van der Waals surface area (Å²) in [7, 11) is -3.67. The predicted octanol–water partition coefficient (Wildman–Crippen LogP) is 1.58. The molecule has 1 amide bonds. The van der Waals surface area contributed by atoms with Crippen LogP contribution in [0.5, 0.6) is 0 Å². The molecular formula is C13H20N2O3S2. The lowest BCUT2D eigenvalue weighted by Gasteiger charge is -2.24. The number of primary sulfonamides is 1. The summed E-state index contributed by atoms with van der Waals surface area (Å²) in [6, 6.07) is 3.51. The van der Waals surface area contributed by atoms with Gasteiger partial charge in [0.05, 0.1) is 6.42 Å². The van der Waals surface area contributed by atoms with E-state index in [-0.39, 0.29) is 16.5 Å². The van der Waals surface area contributed by atoms with Gasteiger partial charge in [0.2, 0.25) is 15.9 Å². The maximum absolute atomic E-state index is 12.3. The van der Waals surface area contributed by atoms with Crippen LogP contribution in [0.25, 0.3) is 0 Å². The van der Waals surface area contributed by atoms with Gasteiger partial charge in [0, 0.05) is 17.5 Å². The van der Waals surface area contributed by atoms with E-state index in [0.29, 0.717) is 12.0 Å². The number of hydrogen-bond acceptors (Lipinski definition) is 4. The lowest BCUT2D eigenvalue weighted by Crippen LogP contribution is -2.37. The van der Waals surface area contributed by atoms with Gasteiger partial charge in [0.25, 0.3) is 0 Å². The molecule has 1 aromatic rings. The highest BCUT2D eigenvalue weighted by Crippen LogP contribution is 2.29. The molecule has 1 saturated carbocycles. The van der Waals surface area contributed by atoms with E-state index in [4.69, 9.17) is 5.14 Å². The van der Waals surface area contributed by atoms with E-state index < -0.39 is 10.0 Å². The van der Waals surface area contributed by atoms with Crippen LogP contribution in [-0.4, -0.2) is 31.8 Å². The zero-order chi connectivity index (χ0) is 14.9. The summed E-state index contributed by atoms with van der Waals surface area (Å²) in [5.74, 6) is 0.506. The third-order valence-electron chi connectivity index (χ3n) is 3.11. The number of nitrogens with two attached hydrogens (primary N) is 1. The summed E-state index contributed by atoms with van der Waals surface area (Å²) in [6.07, 6.45) is 2.40. The molecular weight excluding hydrogens is 296 g/mol. The standard InChI is InChI=1S/C13H20N2O3S2/c1-9(2)8-15(10-3-4-10)12(16)7-11-5-6-13(19-11)20(14,17)18/h5-6,9-10H,3-4,7-8H2,1-2H3,(H2,14,17,18). The first-order valence-electron chi connectivity index (χ1n) is 6.68. The van der Waals surface area contributed by atoms with Crippen LogP contribution in [0.2, 0.25) is 0 Å². The van der Waals surface area contributed by atoms with Gasteiger partial charge in [-0.25, -0.2) is 13.6 Å². The van der Waals surface area contributed by atoms with Crippen LogP contribution < -0.4 is 5.14 Å². The van der Waals surface area contributed by atoms with Crippen molar-refractivity contribution in [2.75, 3.05) is 6.54 Å². The van der Waals surface area contributed by atoms with E-state index in [0.717, 1.165) is 35.6 Å². The van der Waals surface area contributed by atoms with Gasteiger partial charge in [-0.05, 0) is 30.9 Å². The minimum atomic E-state index is -3.67. The van der Waals surface area contributed by atoms with Crippen LogP contribution >= 0.6 is 11.3 Å². The molecule has 1 heterocycles. The SMILES string of the molecule is CC(C)CN(C(=O)Cc1ccc(S(N)(=O)=O)s1)C1CC1. The second-order valence-electron chi connectivity index (χ2n) is 5.61. The van der Waals surface area contributed by atoms with Gasteiger partial charge >= 0.3 is 0 Å². The highest BCUT2D eigenvalue weighted by atomic mass is 32.2. The molecule has 0 spiro atoms. The Kier molecular flexibility index (Phi) is 4.51. The van der Waals surface area contributed by atoms with Crippen molar-refractivity contribution in [3.63, 3.8) is 0 Å². The van der Waals surface area contributed by atoms with Crippen LogP contribution in [0.15, 0.2) is 16.3 Å².